The van der Waals surface area contributed by atoms with E-state index in [-0.39, 0.29) is 0 Å². The second kappa shape index (κ2) is 5.47. The third-order valence-corrected chi connectivity index (χ3v) is 3.35. The lowest BCUT2D eigenvalue weighted by atomic mass is 10.0. The van der Waals surface area contributed by atoms with Crippen LogP contribution in [0.3, 0.4) is 0 Å². The third-order valence-electron chi connectivity index (χ3n) is 3.35. The highest BCUT2D eigenvalue weighted by Crippen LogP contribution is 2.25. The summed E-state index contributed by atoms with van der Waals surface area (Å²) in [4.78, 5) is 0. The van der Waals surface area contributed by atoms with Gasteiger partial charge in [-0.3, -0.25) is 4.68 Å². The second-order valence-electron chi connectivity index (χ2n) is 5.37. The number of aromatic nitrogens is 2. The van der Waals surface area contributed by atoms with E-state index in [2.05, 4.69) is 50.1 Å². The van der Waals surface area contributed by atoms with Gasteiger partial charge in [0.05, 0.1) is 11.4 Å². The number of hydrogen-bond acceptors (Lipinski definition) is 2. The van der Waals surface area contributed by atoms with E-state index in [1.807, 2.05) is 18.7 Å². The van der Waals surface area contributed by atoms with E-state index < -0.39 is 0 Å². The van der Waals surface area contributed by atoms with Crippen LogP contribution in [-0.4, -0.2) is 9.78 Å². The van der Waals surface area contributed by atoms with Gasteiger partial charge >= 0.3 is 0 Å². The fourth-order valence-electron chi connectivity index (χ4n) is 2.08. The highest BCUT2D eigenvalue weighted by Gasteiger charge is 2.07. The molecule has 0 bridgehead atoms. The average molecular weight is 258 g/mol. The van der Waals surface area contributed by atoms with Crippen molar-refractivity contribution in [2.24, 2.45) is 7.05 Å². The predicted octanol–water partition coefficient (Wildman–Crippen LogP) is 3.74. The first-order valence-electron chi connectivity index (χ1n) is 6.70. The number of rotatable bonds is 4. The van der Waals surface area contributed by atoms with E-state index in [1.54, 1.807) is 0 Å². The monoisotopic (exact) mass is 258 g/mol. The van der Waals surface area contributed by atoms with Crippen LogP contribution in [0.25, 0.3) is 0 Å². The molecular formula is C16H22N2O. The van der Waals surface area contributed by atoms with Crippen molar-refractivity contribution in [2.45, 2.75) is 40.2 Å². The first kappa shape index (κ1) is 13.7. The van der Waals surface area contributed by atoms with E-state index >= 15 is 0 Å². The van der Waals surface area contributed by atoms with E-state index in [0.717, 1.165) is 17.1 Å². The zero-order chi connectivity index (χ0) is 14.0. The van der Waals surface area contributed by atoms with Crippen molar-refractivity contribution in [1.82, 2.24) is 9.78 Å². The van der Waals surface area contributed by atoms with Crippen molar-refractivity contribution in [3.63, 3.8) is 0 Å². The van der Waals surface area contributed by atoms with Crippen LogP contribution in [0.1, 0.15) is 42.3 Å². The fourth-order valence-corrected chi connectivity index (χ4v) is 2.08. The Labute approximate surface area is 115 Å². The minimum atomic E-state index is 0.516. The van der Waals surface area contributed by atoms with Gasteiger partial charge in [0.2, 0.25) is 0 Å². The lowest BCUT2D eigenvalue weighted by molar-refractivity contribution is 0.292. The van der Waals surface area contributed by atoms with Crippen molar-refractivity contribution in [2.75, 3.05) is 0 Å². The number of aryl methyl sites for hydroxylation is 3. The van der Waals surface area contributed by atoms with Gasteiger partial charge in [-0.15, -0.1) is 0 Å². The maximum Gasteiger partial charge on any atom is 0.130 e. The predicted molar refractivity (Wildman–Crippen MR) is 77.5 cm³/mol. The van der Waals surface area contributed by atoms with E-state index in [0.29, 0.717) is 12.5 Å². The lowest BCUT2D eigenvalue weighted by Crippen LogP contribution is -2.04. The minimum absolute atomic E-state index is 0.516. The Bertz CT molecular complexity index is 570. The molecule has 0 saturated carbocycles. The van der Waals surface area contributed by atoms with Gasteiger partial charge in [-0.1, -0.05) is 26.0 Å². The summed E-state index contributed by atoms with van der Waals surface area (Å²) in [6.45, 7) is 9.01. The molecule has 0 N–H and O–H groups in total. The molecule has 1 aromatic carbocycles. The molecule has 2 rings (SSSR count). The van der Waals surface area contributed by atoms with Gasteiger partial charge in [-0.25, -0.2) is 0 Å². The molecule has 0 spiro atoms. The molecule has 3 nitrogen and oxygen atoms in total. The Morgan fingerprint density at radius 1 is 1.21 bits per heavy atom. The maximum absolute atomic E-state index is 5.95. The molecule has 102 valence electrons. The number of ether oxygens (including phenoxy) is 1. The third kappa shape index (κ3) is 3.16. The summed E-state index contributed by atoms with van der Waals surface area (Å²) in [7, 11) is 1.95. The Hall–Kier alpha value is -1.77. The SMILES string of the molecule is Cc1cc(COc2cc(C(C)C)ccc2C)n(C)n1. The van der Waals surface area contributed by atoms with Gasteiger partial charge in [0.25, 0.3) is 0 Å². The summed E-state index contributed by atoms with van der Waals surface area (Å²) in [5.41, 5.74) is 4.59. The quantitative estimate of drug-likeness (QED) is 0.835. The van der Waals surface area contributed by atoms with Crippen LogP contribution >= 0.6 is 0 Å². The van der Waals surface area contributed by atoms with E-state index in [9.17, 15) is 0 Å². The van der Waals surface area contributed by atoms with Gasteiger partial charge in [0.1, 0.15) is 12.4 Å². The minimum Gasteiger partial charge on any atom is -0.487 e. The first-order chi connectivity index (χ1) is 8.97. The Balaban J connectivity index is 2.15. The van der Waals surface area contributed by atoms with Crippen LogP contribution in [0, 0.1) is 13.8 Å². The maximum atomic E-state index is 5.95. The van der Waals surface area contributed by atoms with Crippen LogP contribution in [0.4, 0.5) is 0 Å². The Morgan fingerprint density at radius 3 is 2.53 bits per heavy atom. The molecule has 1 heterocycles. The van der Waals surface area contributed by atoms with Crippen molar-refractivity contribution >= 4 is 0 Å². The molecule has 0 radical (unpaired) electrons. The highest BCUT2D eigenvalue weighted by atomic mass is 16.5. The molecule has 0 fully saturated rings. The van der Waals surface area contributed by atoms with E-state index in [1.165, 1.54) is 11.1 Å². The van der Waals surface area contributed by atoms with Gasteiger partial charge in [0, 0.05) is 7.05 Å². The smallest absolute Gasteiger partial charge is 0.130 e. The van der Waals surface area contributed by atoms with Gasteiger partial charge < -0.3 is 4.74 Å². The summed E-state index contributed by atoms with van der Waals surface area (Å²) in [6.07, 6.45) is 0. The van der Waals surface area contributed by atoms with Gasteiger partial charge in [0.15, 0.2) is 0 Å². The standard InChI is InChI=1S/C16H22N2O/c1-11(2)14-7-6-12(3)16(9-14)19-10-15-8-13(4)17-18(15)5/h6-9,11H,10H2,1-5H3. The van der Waals surface area contributed by atoms with Crippen molar-refractivity contribution in [3.8, 4) is 5.75 Å². The molecule has 1 aromatic heterocycles. The molecule has 2 aromatic rings. The van der Waals surface area contributed by atoms with Crippen molar-refractivity contribution in [3.05, 3.63) is 46.8 Å². The number of nitrogens with zero attached hydrogens (tertiary/aromatic N) is 2. The van der Waals surface area contributed by atoms with Crippen LogP contribution in [0.2, 0.25) is 0 Å². The largest absolute Gasteiger partial charge is 0.487 e. The van der Waals surface area contributed by atoms with Gasteiger partial charge in [-0.2, -0.15) is 5.10 Å². The van der Waals surface area contributed by atoms with Gasteiger partial charge in [-0.05, 0) is 43.0 Å². The normalized spacial score (nSPS) is 11.1. The average Bonchev–Trinajstić information content (AvgIpc) is 2.66. The molecule has 3 heteroatoms. The summed E-state index contributed by atoms with van der Waals surface area (Å²) >= 11 is 0. The Kier molecular flexibility index (Phi) is 3.93. The molecule has 0 aliphatic heterocycles. The Morgan fingerprint density at radius 2 is 1.95 bits per heavy atom. The summed E-state index contributed by atoms with van der Waals surface area (Å²) < 4.78 is 7.82. The molecule has 0 aliphatic carbocycles. The number of benzene rings is 1. The van der Waals surface area contributed by atoms with Crippen LogP contribution in [0.15, 0.2) is 24.3 Å². The molecule has 0 aliphatic rings. The van der Waals surface area contributed by atoms with Crippen LogP contribution in [0.5, 0.6) is 5.75 Å². The summed E-state index contributed by atoms with van der Waals surface area (Å²) in [5.74, 6) is 1.48. The lowest BCUT2D eigenvalue weighted by Gasteiger charge is -2.12. The zero-order valence-electron chi connectivity index (χ0n) is 12.4. The highest BCUT2D eigenvalue weighted by molar-refractivity contribution is 5.37. The van der Waals surface area contributed by atoms with Crippen LogP contribution in [-0.2, 0) is 13.7 Å². The molecule has 0 atom stereocenters. The molecule has 0 saturated heterocycles. The second-order valence-corrected chi connectivity index (χ2v) is 5.37. The summed E-state index contributed by atoms with van der Waals surface area (Å²) in [5, 5.41) is 4.33. The number of hydrogen-bond donors (Lipinski definition) is 0. The molecule has 19 heavy (non-hydrogen) atoms. The topological polar surface area (TPSA) is 27.1 Å². The van der Waals surface area contributed by atoms with Crippen molar-refractivity contribution < 1.29 is 4.74 Å². The first-order valence-corrected chi connectivity index (χ1v) is 6.70. The van der Waals surface area contributed by atoms with Crippen LogP contribution < -0.4 is 4.74 Å². The molecular weight excluding hydrogens is 236 g/mol. The zero-order valence-corrected chi connectivity index (χ0v) is 12.4. The summed E-state index contributed by atoms with van der Waals surface area (Å²) in [6, 6.07) is 8.49. The van der Waals surface area contributed by atoms with Crippen molar-refractivity contribution in [1.29, 1.82) is 0 Å². The fraction of sp³-hybridized carbons (Fsp3) is 0.438. The van der Waals surface area contributed by atoms with E-state index in [4.69, 9.17) is 4.74 Å². The molecule has 0 amide bonds. The molecule has 0 unspecified atom stereocenters.